The summed E-state index contributed by atoms with van der Waals surface area (Å²) in [7, 11) is 0. The highest BCUT2D eigenvalue weighted by atomic mass is 32.1. The van der Waals surface area contributed by atoms with Crippen molar-refractivity contribution in [1.29, 1.82) is 0 Å². The zero-order chi connectivity index (χ0) is 10.5. The Morgan fingerprint density at radius 1 is 1.40 bits per heavy atom. The number of aromatic nitrogens is 2. The van der Waals surface area contributed by atoms with E-state index < -0.39 is 0 Å². The second-order valence-electron chi connectivity index (χ2n) is 3.53. The van der Waals surface area contributed by atoms with Gasteiger partial charge < -0.3 is 15.2 Å². The summed E-state index contributed by atoms with van der Waals surface area (Å²) >= 11 is 1.42. The Kier molecular flexibility index (Phi) is 3.87. The molecule has 6 heteroatoms. The summed E-state index contributed by atoms with van der Waals surface area (Å²) in [6.45, 7) is 2.83. The zero-order valence-corrected chi connectivity index (χ0v) is 9.33. The summed E-state index contributed by atoms with van der Waals surface area (Å²) < 4.78 is 10.8. The van der Waals surface area contributed by atoms with Crippen molar-refractivity contribution >= 4 is 11.3 Å². The third kappa shape index (κ3) is 3.12. The van der Waals surface area contributed by atoms with E-state index in [4.69, 9.17) is 15.2 Å². The van der Waals surface area contributed by atoms with Gasteiger partial charge in [-0.05, 0) is 18.8 Å². The van der Waals surface area contributed by atoms with Crippen LogP contribution in [0.2, 0.25) is 0 Å². The van der Waals surface area contributed by atoms with Crippen LogP contribution in [-0.4, -0.2) is 30.0 Å². The molecule has 0 radical (unpaired) electrons. The van der Waals surface area contributed by atoms with Crippen LogP contribution in [-0.2, 0) is 11.3 Å². The molecule has 1 saturated heterocycles. The van der Waals surface area contributed by atoms with Crippen molar-refractivity contribution in [3.63, 3.8) is 0 Å². The largest absolute Gasteiger partial charge is 0.469 e. The van der Waals surface area contributed by atoms with Gasteiger partial charge in [-0.15, -0.1) is 10.2 Å². The SMILES string of the molecule is NCc1nnc(OCC2CCOCC2)s1. The molecule has 0 saturated carbocycles. The van der Waals surface area contributed by atoms with E-state index in [0.717, 1.165) is 31.1 Å². The minimum absolute atomic E-state index is 0.429. The maximum atomic E-state index is 5.56. The average molecular weight is 229 g/mol. The van der Waals surface area contributed by atoms with E-state index in [0.29, 0.717) is 24.3 Å². The molecular weight excluding hydrogens is 214 g/mol. The normalized spacial score (nSPS) is 17.9. The van der Waals surface area contributed by atoms with Crippen LogP contribution in [0.25, 0.3) is 0 Å². The lowest BCUT2D eigenvalue weighted by atomic mass is 10.0. The maximum Gasteiger partial charge on any atom is 0.294 e. The van der Waals surface area contributed by atoms with Gasteiger partial charge in [-0.3, -0.25) is 0 Å². The van der Waals surface area contributed by atoms with Gasteiger partial charge in [0.05, 0.1) is 6.61 Å². The predicted molar refractivity (Wildman–Crippen MR) is 56.8 cm³/mol. The smallest absolute Gasteiger partial charge is 0.294 e. The molecule has 0 aliphatic carbocycles. The topological polar surface area (TPSA) is 70.3 Å². The van der Waals surface area contributed by atoms with Crippen molar-refractivity contribution in [1.82, 2.24) is 10.2 Å². The minimum Gasteiger partial charge on any atom is -0.469 e. The molecule has 84 valence electrons. The van der Waals surface area contributed by atoms with Gasteiger partial charge in [0.1, 0.15) is 5.01 Å². The first-order chi connectivity index (χ1) is 7.38. The van der Waals surface area contributed by atoms with Gasteiger partial charge in [0.15, 0.2) is 0 Å². The highest BCUT2D eigenvalue weighted by Gasteiger charge is 2.15. The van der Waals surface area contributed by atoms with Crippen LogP contribution in [0.3, 0.4) is 0 Å². The third-order valence-corrected chi connectivity index (χ3v) is 3.26. The molecule has 2 rings (SSSR count). The molecule has 1 aliphatic heterocycles. The molecule has 15 heavy (non-hydrogen) atoms. The van der Waals surface area contributed by atoms with E-state index in [2.05, 4.69) is 10.2 Å². The molecule has 0 atom stereocenters. The number of nitrogens with zero attached hydrogens (tertiary/aromatic N) is 2. The van der Waals surface area contributed by atoms with Gasteiger partial charge in [-0.25, -0.2) is 0 Å². The van der Waals surface area contributed by atoms with Crippen molar-refractivity contribution in [2.75, 3.05) is 19.8 Å². The van der Waals surface area contributed by atoms with Crippen LogP contribution < -0.4 is 10.5 Å². The Morgan fingerprint density at radius 3 is 2.87 bits per heavy atom. The van der Waals surface area contributed by atoms with Crippen molar-refractivity contribution in [3.8, 4) is 5.19 Å². The molecule has 0 aromatic carbocycles. The van der Waals surface area contributed by atoms with Crippen LogP contribution in [0.15, 0.2) is 0 Å². The minimum atomic E-state index is 0.429. The van der Waals surface area contributed by atoms with Crippen LogP contribution in [0.1, 0.15) is 17.8 Å². The van der Waals surface area contributed by atoms with E-state index in [-0.39, 0.29) is 0 Å². The van der Waals surface area contributed by atoms with E-state index in [1.165, 1.54) is 11.3 Å². The summed E-state index contributed by atoms with van der Waals surface area (Å²) in [6, 6.07) is 0. The first-order valence-electron chi connectivity index (χ1n) is 5.11. The summed E-state index contributed by atoms with van der Waals surface area (Å²) in [4.78, 5) is 0. The number of hydrogen-bond acceptors (Lipinski definition) is 6. The zero-order valence-electron chi connectivity index (χ0n) is 8.52. The number of hydrogen-bond donors (Lipinski definition) is 1. The Balaban J connectivity index is 1.76. The van der Waals surface area contributed by atoms with Gasteiger partial charge in [0, 0.05) is 19.8 Å². The fourth-order valence-electron chi connectivity index (χ4n) is 1.48. The summed E-state index contributed by atoms with van der Waals surface area (Å²) in [5, 5.41) is 9.24. The van der Waals surface area contributed by atoms with Crippen molar-refractivity contribution < 1.29 is 9.47 Å². The molecule has 2 N–H and O–H groups in total. The molecule has 5 nitrogen and oxygen atoms in total. The molecule has 1 aromatic rings. The van der Waals surface area contributed by atoms with Gasteiger partial charge in [0.25, 0.3) is 5.19 Å². The molecule has 1 fully saturated rings. The van der Waals surface area contributed by atoms with Crippen molar-refractivity contribution in [2.45, 2.75) is 19.4 Å². The predicted octanol–water partition coefficient (Wildman–Crippen LogP) is 0.802. The van der Waals surface area contributed by atoms with Crippen LogP contribution in [0.4, 0.5) is 0 Å². The van der Waals surface area contributed by atoms with E-state index >= 15 is 0 Å². The lowest BCUT2D eigenvalue weighted by Crippen LogP contribution is -2.21. The van der Waals surface area contributed by atoms with Crippen molar-refractivity contribution in [2.24, 2.45) is 11.7 Å². The fraction of sp³-hybridized carbons (Fsp3) is 0.778. The van der Waals surface area contributed by atoms with E-state index in [1.807, 2.05) is 0 Å². The number of ether oxygens (including phenoxy) is 2. The van der Waals surface area contributed by atoms with Crippen LogP contribution in [0.5, 0.6) is 5.19 Å². The molecule has 0 amide bonds. The molecule has 0 spiro atoms. The van der Waals surface area contributed by atoms with Gasteiger partial charge >= 0.3 is 0 Å². The number of nitrogens with two attached hydrogens (primary N) is 1. The highest BCUT2D eigenvalue weighted by molar-refractivity contribution is 7.13. The Morgan fingerprint density at radius 2 is 2.20 bits per heavy atom. The van der Waals surface area contributed by atoms with Gasteiger partial charge in [-0.2, -0.15) is 0 Å². The lowest BCUT2D eigenvalue weighted by molar-refractivity contribution is 0.0496. The first-order valence-corrected chi connectivity index (χ1v) is 5.93. The molecule has 2 heterocycles. The molecule has 1 aromatic heterocycles. The van der Waals surface area contributed by atoms with E-state index in [1.54, 1.807) is 0 Å². The van der Waals surface area contributed by atoms with Crippen LogP contribution in [0, 0.1) is 5.92 Å². The number of rotatable bonds is 4. The molecule has 0 unspecified atom stereocenters. The first kappa shape index (κ1) is 10.8. The van der Waals surface area contributed by atoms with Crippen molar-refractivity contribution in [3.05, 3.63) is 5.01 Å². The molecule has 0 bridgehead atoms. The van der Waals surface area contributed by atoms with Crippen LogP contribution >= 0.6 is 11.3 Å². The maximum absolute atomic E-state index is 5.56. The third-order valence-electron chi connectivity index (χ3n) is 2.41. The fourth-order valence-corrected chi connectivity index (χ4v) is 2.06. The Hall–Kier alpha value is -0.720. The molecule has 1 aliphatic rings. The quantitative estimate of drug-likeness (QED) is 0.827. The highest BCUT2D eigenvalue weighted by Crippen LogP contribution is 2.20. The standard InChI is InChI=1S/C9H15N3O2S/c10-5-8-11-12-9(15-8)14-6-7-1-3-13-4-2-7/h7H,1-6,10H2. The monoisotopic (exact) mass is 229 g/mol. The summed E-state index contributed by atoms with van der Waals surface area (Å²) in [5.41, 5.74) is 5.44. The second-order valence-corrected chi connectivity index (χ2v) is 4.56. The lowest BCUT2D eigenvalue weighted by Gasteiger charge is -2.21. The van der Waals surface area contributed by atoms with E-state index in [9.17, 15) is 0 Å². The summed E-state index contributed by atoms with van der Waals surface area (Å²) in [6.07, 6.45) is 2.14. The Bertz CT molecular complexity index is 299. The average Bonchev–Trinajstić information content (AvgIpc) is 2.76. The Labute approximate surface area is 92.6 Å². The second kappa shape index (κ2) is 5.39. The summed E-state index contributed by atoms with van der Waals surface area (Å²) in [5.74, 6) is 0.587. The van der Waals surface area contributed by atoms with Gasteiger partial charge in [0.2, 0.25) is 0 Å². The van der Waals surface area contributed by atoms with Gasteiger partial charge in [-0.1, -0.05) is 11.3 Å². The molecular formula is C9H15N3O2S.